The minimum Gasteiger partial charge on any atom is -0.382 e. The Morgan fingerprint density at radius 2 is 1.88 bits per heavy atom. The molecule has 0 aliphatic heterocycles. The number of ether oxygens (including phenoxy) is 1. The zero-order valence-corrected chi connectivity index (χ0v) is 15.3. The molecule has 0 heterocycles. The van der Waals surface area contributed by atoms with Crippen LogP contribution in [0, 0.1) is 5.92 Å². The van der Waals surface area contributed by atoms with Crippen LogP contribution < -0.4 is 15.4 Å². The highest BCUT2D eigenvalue weighted by atomic mass is 32.2. The lowest BCUT2D eigenvalue weighted by molar-refractivity contribution is 0.146. The average molecular weight is 357 g/mol. The number of urea groups is 1. The molecule has 0 bridgehead atoms. The van der Waals surface area contributed by atoms with Crippen molar-refractivity contribution in [2.75, 3.05) is 31.6 Å². The Morgan fingerprint density at radius 1 is 1.21 bits per heavy atom. The average Bonchev–Trinajstić information content (AvgIpc) is 2.53. The third-order valence-corrected chi connectivity index (χ3v) is 4.53. The second-order valence-electron chi connectivity index (χ2n) is 5.70. The maximum atomic E-state index is 12.1. The summed E-state index contributed by atoms with van der Waals surface area (Å²) in [5.41, 5.74) is 0.534. The zero-order chi connectivity index (χ0) is 18.0. The number of anilines is 1. The SMILES string of the molecule is CCOCCCNS(=O)(=O)c1ccc(NC(=O)NCC(C)C)cc1. The van der Waals surface area contributed by atoms with Crippen molar-refractivity contribution in [2.45, 2.75) is 32.1 Å². The molecular weight excluding hydrogens is 330 g/mol. The number of carbonyl (C=O) groups is 1. The van der Waals surface area contributed by atoms with Gasteiger partial charge in [-0.25, -0.2) is 17.9 Å². The predicted molar refractivity (Wildman–Crippen MR) is 94.6 cm³/mol. The van der Waals surface area contributed by atoms with Crippen LogP contribution in [-0.4, -0.2) is 40.8 Å². The lowest BCUT2D eigenvalue weighted by Crippen LogP contribution is -2.31. The highest BCUT2D eigenvalue weighted by molar-refractivity contribution is 7.89. The fourth-order valence-electron chi connectivity index (χ4n) is 1.80. The smallest absolute Gasteiger partial charge is 0.319 e. The van der Waals surface area contributed by atoms with Crippen LogP contribution >= 0.6 is 0 Å². The molecule has 0 fully saturated rings. The van der Waals surface area contributed by atoms with Crippen LogP contribution in [0.3, 0.4) is 0 Å². The third-order valence-electron chi connectivity index (χ3n) is 3.06. The van der Waals surface area contributed by atoms with Gasteiger partial charge in [-0.3, -0.25) is 0 Å². The van der Waals surface area contributed by atoms with E-state index in [-0.39, 0.29) is 10.9 Å². The molecule has 136 valence electrons. The van der Waals surface area contributed by atoms with Gasteiger partial charge < -0.3 is 15.4 Å². The van der Waals surface area contributed by atoms with E-state index in [1.54, 1.807) is 12.1 Å². The molecule has 0 atom stereocenters. The van der Waals surface area contributed by atoms with E-state index in [0.29, 0.717) is 44.3 Å². The first-order valence-electron chi connectivity index (χ1n) is 8.07. The molecule has 0 aliphatic carbocycles. The molecule has 1 aromatic carbocycles. The lowest BCUT2D eigenvalue weighted by Gasteiger charge is -2.10. The van der Waals surface area contributed by atoms with Gasteiger partial charge in [-0.05, 0) is 43.5 Å². The van der Waals surface area contributed by atoms with Crippen LogP contribution in [-0.2, 0) is 14.8 Å². The molecular formula is C16H27N3O4S. The van der Waals surface area contributed by atoms with E-state index in [2.05, 4.69) is 15.4 Å². The molecule has 0 aromatic heterocycles. The first-order valence-corrected chi connectivity index (χ1v) is 9.55. The van der Waals surface area contributed by atoms with Gasteiger partial charge in [0.1, 0.15) is 0 Å². The number of rotatable bonds is 10. The molecule has 1 aromatic rings. The van der Waals surface area contributed by atoms with Crippen molar-refractivity contribution in [3.05, 3.63) is 24.3 Å². The monoisotopic (exact) mass is 357 g/mol. The minimum absolute atomic E-state index is 0.159. The molecule has 24 heavy (non-hydrogen) atoms. The van der Waals surface area contributed by atoms with E-state index in [1.807, 2.05) is 20.8 Å². The number of sulfonamides is 1. The first-order chi connectivity index (χ1) is 11.3. The number of amides is 2. The zero-order valence-electron chi connectivity index (χ0n) is 14.5. The summed E-state index contributed by atoms with van der Waals surface area (Å²) in [7, 11) is -3.55. The summed E-state index contributed by atoms with van der Waals surface area (Å²) in [4.78, 5) is 11.8. The van der Waals surface area contributed by atoms with Crippen molar-refractivity contribution in [3.63, 3.8) is 0 Å². The van der Waals surface area contributed by atoms with Crippen LogP contribution in [0.2, 0.25) is 0 Å². The van der Waals surface area contributed by atoms with Crippen molar-refractivity contribution in [3.8, 4) is 0 Å². The molecule has 1 rings (SSSR count). The van der Waals surface area contributed by atoms with Crippen LogP contribution in [0.15, 0.2) is 29.2 Å². The quantitative estimate of drug-likeness (QED) is 0.559. The van der Waals surface area contributed by atoms with E-state index < -0.39 is 10.0 Å². The van der Waals surface area contributed by atoms with Crippen LogP contribution in [0.1, 0.15) is 27.2 Å². The Hall–Kier alpha value is -1.64. The number of benzene rings is 1. The van der Waals surface area contributed by atoms with Gasteiger partial charge in [0.25, 0.3) is 0 Å². The van der Waals surface area contributed by atoms with Gasteiger partial charge in [0.15, 0.2) is 0 Å². The molecule has 0 saturated carbocycles. The second kappa shape index (κ2) is 10.3. The van der Waals surface area contributed by atoms with E-state index in [0.717, 1.165) is 0 Å². The second-order valence-corrected chi connectivity index (χ2v) is 7.47. The van der Waals surface area contributed by atoms with Gasteiger partial charge >= 0.3 is 6.03 Å². The highest BCUT2D eigenvalue weighted by Crippen LogP contribution is 2.14. The molecule has 3 N–H and O–H groups in total. The maximum Gasteiger partial charge on any atom is 0.319 e. The molecule has 0 spiro atoms. The summed E-state index contributed by atoms with van der Waals surface area (Å²) < 4.78 is 31.9. The Balaban J connectivity index is 2.51. The third kappa shape index (κ3) is 7.76. The van der Waals surface area contributed by atoms with Gasteiger partial charge in [-0.1, -0.05) is 13.8 Å². The summed E-state index contributed by atoms with van der Waals surface area (Å²) >= 11 is 0. The van der Waals surface area contributed by atoms with Crippen molar-refractivity contribution >= 4 is 21.7 Å². The Kier molecular flexibility index (Phi) is 8.73. The standard InChI is InChI=1S/C16H27N3O4S/c1-4-23-11-5-10-18-24(21,22)15-8-6-14(7-9-15)19-16(20)17-12-13(2)3/h6-9,13,18H,4-5,10-12H2,1-3H3,(H2,17,19,20). The molecule has 2 amide bonds. The number of hydrogen-bond donors (Lipinski definition) is 3. The van der Waals surface area contributed by atoms with Crippen molar-refractivity contribution in [1.82, 2.24) is 10.0 Å². The summed E-state index contributed by atoms with van der Waals surface area (Å²) in [5, 5.41) is 5.39. The van der Waals surface area contributed by atoms with Crippen LogP contribution in [0.4, 0.5) is 10.5 Å². The molecule has 8 heteroatoms. The summed E-state index contributed by atoms with van der Waals surface area (Å²) in [6.07, 6.45) is 0.614. The van der Waals surface area contributed by atoms with Crippen LogP contribution in [0.25, 0.3) is 0 Å². The predicted octanol–water partition coefficient (Wildman–Crippen LogP) is 2.17. The normalized spacial score (nSPS) is 11.5. The minimum atomic E-state index is -3.55. The lowest BCUT2D eigenvalue weighted by atomic mass is 10.2. The molecule has 7 nitrogen and oxygen atoms in total. The van der Waals surface area contributed by atoms with Crippen LogP contribution in [0.5, 0.6) is 0 Å². The fourth-order valence-corrected chi connectivity index (χ4v) is 2.87. The van der Waals surface area contributed by atoms with E-state index in [9.17, 15) is 13.2 Å². The van der Waals surface area contributed by atoms with Gasteiger partial charge in [0.2, 0.25) is 10.0 Å². The van der Waals surface area contributed by atoms with Crippen molar-refractivity contribution < 1.29 is 17.9 Å². The molecule has 0 saturated heterocycles. The first kappa shape index (κ1) is 20.4. The Labute approximate surface area is 144 Å². The van der Waals surface area contributed by atoms with Gasteiger partial charge in [0, 0.05) is 32.0 Å². The highest BCUT2D eigenvalue weighted by Gasteiger charge is 2.13. The van der Waals surface area contributed by atoms with Gasteiger partial charge in [-0.15, -0.1) is 0 Å². The topological polar surface area (TPSA) is 96.5 Å². The van der Waals surface area contributed by atoms with Crippen molar-refractivity contribution in [2.24, 2.45) is 5.92 Å². The Bertz CT molecular complexity index is 600. The Morgan fingerprint density at radius 3 is 2.46 bits per heavy atom. The van der Waals surface area contributed by atoms with Gasteiger partial charge in [-0.2, -0.15) is 0 Å². The van der Waals surface area contributed by atoms with Crippen molar-refractivity contribution in [1.29, 1.82) is 0 Å². The largest absolute Gasteiger partial charge is 0.382 e. The van der Waals surface area contributed by atoms with Gasteiger partial charge in [0.05, 0.1) is 4.90 Å². The molecule has 0 aliphatic rings. The maximum absolute atomic E-state index is 12.1. The summed E-state index contributed by atoms with van der Waals surface area (Å²) in [6.45, 7) is 7.93. The summed E-state index contributed by atoms with van der Waals surface area (Å²) in [5.74, 6) is 0.358. The molecule has 0 unspecified atom stereocenters. The van der Waals surface area contributed by atoms with E-state index >= 15 is 0 Å². The number of carbonyl (C=O) groups excluding carboxylic acids is 1. The summed E-state index contributed by atoms with van der Waals surface area (Å²) in [6, 6.07) is 5.73. The fraction of sp³-hybridized carbons (Fsp3) is 0.562. The molecule has 0 radical (unpaired) electrons. The van der Waals surface area contributed by atoms with E-state index in [1.165, 1.54) is 12.1 Å². The number of nitrogens with one attached hydrogen (secondary N) is 3. The van der Waals surface area contributed by atoms with E-state index in [4.69, 9.17) is 4.74 Å². The number of hydrogen-bond acceptors (Lipinski definition) is 4.